The highest BCUT2D eigenvalue weighted by atomic mass is 15.2. The maximum absolute atomic E-state index is 4.57. The van der Waals surface area contributed by atoms with Crippen LogP contribution in [-0.2, 0) is 0 Å². The first-order valence-electron chi connectivity index (χ1n) is 6.72. The van der Waals surface area contributed by atoms with Crippen LogP contribution >= 0.6 is 0 Å². The molecule has 0 aromatic carbocycles. The Morgan fingerprint density at radius 2 is 2.41 bits per heavy atom. The maximum atomic E-state index is 4.57. The topological polar surface area (TPSA) is 28.2 Å². The Bertz CT molecular complexity index is 345. The van der Waals surface area contributed by atoms with Gasteiger partial charge in [0.25, 0.3) is 0 Å². The van der Waals surface area contributed by atoms with Gasteiger partial charge in [0, 0.05) is 25.3 Å². The minimum atomic E-state index is 0.609. The quantitative estimate of drug-likeness (QED) is 0.865. The molecule has 3 nitrogen and oxygen atoms in total. The van der Waals surface area contributed by atoms with Crippen LogP contribution in [0.15, 0.2) is 18.3 Å². The zero-order chi connectivity index (χ0) is 12.1. The maximum Gasteiger partial charge on any atom is 0.131 e. The van der Waals surface area contributed by atoms with E-state index in [0.29, 0.717) is 6.04 Å². The molecule has 0 radical (unpaired) electrons. The summed E-state index contributed by atoms with van der Waals surface area (Å²) in [6.45, 7) is 7.75. The van der Waals surface area contributed by atoms with E-state index in [1.807, 2.05) is 12.3 Å². The van der Waals surface area contributed by atoms with Gasteiger partial charge in [-0.2, -0.15) is 0 Å². The minimum absolute atomic E-state index is 0.609. The zero-order valence-electron chi connectivity index (χ0n) is 10.9. The first-order chi connectivity index (χ1) is 8.33. The van der Waals surface area contributed by atoms with Crippen molar-refractivity contribution in [2.45, 2.75) is 39.2 Å². The molecule has 1 aromatic rings. The summed E-state index contributed by atoms with van der Waals surface area (Å²) in [6, 6.07) is 4.78. The lowest BCUT2D eigenvalue weighted by Gasteiger charge is -2.36. The second-order valence-corrected chi connectivity index (χ2v) is 4.84. The van der Waals surface area contributed by atoms with E-state index in [-0.39, 0.29) is 0 Å². The summed E-state index contributed by atoms with van der Waals surface area (Å²) < 4.78 is 0. The molecule has 2 heterocycles. The van der Waals surface area contributed by atoms with Crippen molar-refractivity contribution in [2.24, 2.45) is 0 Å². The highest BCUT2D eigenvalue weighted by Gasteiger charge is 2.22. The number of nitrogens with zero attached hydrogens (tertiary/aromatic N) is 2. The molecule has 1 aliphatic heterocycles. The van der Waals surface area contributed by atoms with Crippen molar-refractivity contribution >= 4 is 5.82 Å². The summed E-state index contributed by atoms with van der Waals surface area (Å²) in [6.07, 6.45) is 5.63. The zero-order valence-corrected chi connectivity index (χ0v) is 10.9. The van der Waals surface area contributed by atoms with E-state index in [1.165, 1.54) is 30.6 Å². The molecule has 0 spiro atoms. The van der Waals surface area contributed by atoms with Crippen molar-refractivity contribution in [1.82, 2.24) is 10.3 Å². The van der Waals surface area contributed by atoms with Crippen LogP contribution in [0.5, 0.6) is 0 Å². The molecule has 0 bridgehead atoms. The minimum Gasteiger partial charge on any atom is -0.352 e. The summed E-state index contributed by atoms with van der Waals surface area (Å²) >= 11 is 0. The number of hydrogen-bond donors (Lipinski definition) is 1. The van der Waals surface area contributed by atoms with E-state index < -0.39 is 0 Å². The van der Waals surface area contributed by atoms with Crippen molar-refractivity contribution in [3.05, 3.63) is 23.9 Å². The Kier molecular flexibility index (Phi) is 4.37. The summed E-state index contributed by atoms with van der Waals surface area (Å²) in [7, 11) is 0. The molecule has 1 atom stereocenters. The van der Waals surface area contributed by atoms with Crippen molar-refractivity contribution in [3.8, 4) is 0 Å². The molecule has 0 amide bonds. The van der Waals surface area contributed by atoms with Gasteiger partial charge in [-0.25, -0.2) is 4.98 Å². The molecule has 1 saturated heterocycles. The molecular formula is C14H23N3. The Hall–Kier alpha value is -1.09. The largest absolute Gasteiger partial charge is 0.352 e. The molecular weight excluding hydrogens is 210 g/mol. The summed E-state index contributed by atoms with van der Waals surface area (Å²) in [5.41, 5.74) is 1.28. The van der Waals surface area contributed by atoms with Crippen LogP contribution < -0.4 is 10.2 Å². The number of rotatable bonds is 4. The normalized spacial score (nSPS) is 20.2. The molecule has 94 valence electrons. The van der Waals surface area contributed by atoms with Crippen molar-refractivity contribution in [2.75, 3.05) is 24.5 Å². The van der Waals surface area contributed by atoms with E-state index >= 15 is 0 Å². The smallest absolute Gasteiger partial charge is 0.131 e. The van der Waals surface area contributed by atoms with Crippen LogP contribution in [0.2, 0.25) is 0 Å². The Labute approximate surface area is 104 Å². The summed E-state index contributed by atoms with van der Waals surface area (Å²) in [4.78, 5) is 7.06. The summed E-state index contributed by atoms with van der Waals surface area (Å²) in [5, 5.41) is 3.49. The van der Waals surface area contributed by atoms with Crippen LogP contribution in [0, 0.1) is 6.92 Å². The fraction of sp³-hybridized carbons (Fsp3) is 0.643. The number of hydrogen-bond acceptors (Lipinski definition) is 3. The molecule has 0 saturated carbocycles. The molecule has 1 aliphatic rings. The van der Waals surface area contributed by atoms with Gasteiger partial charge in [0.15, 0.2) is 0 Å². The molecule has 1 unspecified atom stereocenters. The van der Waals surface area contributed by atoms with Gasteiger partial charge in [0.2, 0.25) is 0 Å². The van der Waals surface area contributed by atoms with Crippen LogP contribution in [0.1, 0.15) is 31.7 Å². The average Bonchev–Trinajstić information content (AvgIpc) is 2.38. The van der Waals surface area contributed by atoms with Crippen molar-refractivity contribution in [1.29, 1.82) is 0 Å². The van der Waals surface area contributed by atoms with Crippen LogP contribution in [-0.4, -0.2) is 30.7 Å². The molecule has 1 fully saturated rings. The van der Waals surface area contributed by atoms with E-state index in [4.69, 9.17) is 0 Å². The molecule has 3 heteroatoms. The second-order valence-electron chi connectivity index (χ2n) is 4.84. The van der Waals surface area contributed by atoms with Gasteiger partial charge < -0.3 is 10.2 Å². The second kappa shape index (κ2) is 6.01. The molecule has 0 aliphatic carbocycles. The Morgan fingerprint density at radius 1 is 1.53 bits per heavy atom. The third-order valence-electron chi connectivity index (χ3n) is 3.43. The van der Waals surface area contributed by atoms with Gasteiger partial charge in [0.1, 0.15) is 5.82 Å². The fourth-order valence-electron chi connectivity index (χ4n) is 2.58. The molecule has 1 aromatic heterocycles. The van der Waals surface area contributed by atoms with E-state index in [9.17, 15) is 0 Å². The lowest BCUT2D eigenvalue weighted by Crippen LogP contribution is -2.47. The number of anilines is 1. The molecule has 17 heavy (non-hydrogen) atoms. The lowest BCUT2D eigenvalue weighted by molar-refractivity contribution is 0.428. The van der Waals surface area contributed by atoms with E-state index in [1.54, 1.807) is 0 Å². The van der Waals surface area contributed by atoms with Gasteiger partial charge in [-0.3, -0.25) is 0 Å². The number of piperidine rings is 1. The average molecular weight is 233 g/mol. The first kappa shape index (κ1) is 12.4. The Balaban J connectivity index is 2.18. The monoisotopic (exact) mass is 233 g/mol. The lowest BCUT2D eigenvalue weighted by atomic mass is 10.0. The van der Waals surface area contributed by atoms with Gasteiger partial charge in [-0.1, -0.05) is 13.0 Å². The number of aryl methyl sites for hydroxylation is 1. The van der Waals surface area contributed by atoms with Crippen LogP contribution in [0.25, 0.3) is 0 Å². The fourth-order valence-corrected chi connectivity index (χ4v) is 2.58. The summed E-state index contributed by atoms with van der Waals surface area (Å²) in [5.74, 6) is 1.17. The predicted octanol–water partition coefficient (Wildman–Crippen LogP) is 2.36. The number of pyridine rings is 1. The van der Waals surface area contributed by atoms with Crippen molar-refractivity contribution < 1.29 is 0 Å². The van der Waals surface area contributed by atoms with Crippen molar-refractivity contribution in [3.63, 3.8) is 0 Å². The van der Waals surface area contributed by atoms with Crippen LogP contribution in [0.4, 0.5) is 5.82 Å². The van der Waals surface area contributed by atoms with Gasteiger partial charge in [0.05, 0.1) is 0 Å². The molecule has 1 N–H and O–H groups in total. The van der Waals surface area contributed by atoms with Gasteiger partial charge in [-0.15, -0.1) is 0 Å². The third kappa shape index (κ3) is 2.97. The van der Waals surface area contributed by atoms with Gasteiger partial charge >= 0.3 is 0 Å². The van der Waals surface area contributed by atoms with E-state index in [0.717, 1.165) is 19.6 Å². The van der Waals surface area contributed by atoms with E-state index in [2.05, 4.69) is 35.1 Å². The first-order valence-corrected chi connectivity index (χ1v) is 6.72. The Morgan fingerprint density at radius 3 is 3.06 bits per heavy atom. The highest BCUT2D eigenvalue weighted by molar-refractivity contribution is 5.47. The van der Waals surface area contributed by atoms with Gasteiger partial charge in [-0.05, 0) is 44.4 Å². The molecule has 2 rings (SSSR count). The standard InChI is InChI=1S/C14H23N3/c1-3-10-17(13-7-5-8-15-11-13)14-12(2)6-4-9-16-14/h4,6,9,13,15H,3,5,7-8,10-11H2,1-2H3. The van der Waals surface area contributed by atoms with Crippen LogP contribution in [0.3, 0.4) is 0 Å². The number of aromatic nitrogens is 1. The third-order valence-corrected chi connectivity index (χ3v) is 3.43. The predicted molar refractivity (Wildman–Crippen MR) is 72.5 cm³/mol. The highest BCUT2D eigenvalue weighted by Crippen LogP contribution is 2.22. The number of nitrogens with one attached hydrogen (secondary N) is 1. The SMILES string of the molecule is CCCN(c1ncccc1C)C1CCCNC1.